The minimum absolute atomic E-state index is 0.468. The monoisotopic (exact) mass is 118 g/mol. The SMILES string of the molecule is CN.CN=C(N)NC. The Hall–Kier alpha value is -0.770. The van der Waals surface area contributed by atoms with Crippen LogP contribution in [0.3, 0.4) is 0 Å². The Morgan fingerprint density at radius 3 is 1.88 bits per heavy atom. The Balaban J connectivity index is 0. The molecular weight excluding hydrogens is 104 g/mol. The highest BCUT2D eigenvalue weighted by Crippen LogP contribution is 1.48. The fourth-order valence-corrected chi connectivity index (χ4v) is 0.112. The zero-order valence-electron chi connectivity index (χ0n) is 5.60. The van der Waals surface area contributed by atoms with Gasteiger partial charge in [-0.15, -0.1) is 0 Å². The first kappa shape index (κ1) is 10.3. The van der Waals surface area contributed by atoms with E-state index in [0.717, 1.165) is 0 Å². The molecule has 0 rings (SSSR count). The van der Waals surface area contributed by atoms with Gasteiger partial charge in [0, 0.05) is 14.1 Å². The van der Waals surface area contributed by atoms with Crippen LogP contribution in [0.5, 0.6) is 0 Å². The number of nitrogens with one attached hydrogen (secondary N) is 1. The molecule has 0 unspecified atom stereocenters. The van der Waals surface area contributed by atoms with E-state index in [1.54, 1.807) is 14.1 Å². The first-order chi connectivity index (χ1) is 3.81. The van der Waals surface area contributed by atoms with E-state index in [1.165, 1.54) is 7.05 Å². The van der Waals surface area contributed by atoms with Crippen molar-refractivity contribution in [2.24, 2.45) is 16.5 Å². The molecule has 0 amide bonds. The van der Waals surface area contributed by atoms with Crippen LogP contribution in [0.15, 0.2) is 4.99 Å². The molecule has 0 atom stereocenters. The molecule has 0 bridgehead atoms. The molecule has 0 aromatic carbocycles. The lowest BCUT2D eigenvalue weighted by atomic mass is 11.0. The fraction of sp³-hybridized carbons (Fsp3) is 0.750. The van der Waals surface area contributed by atoms with Crippen LogP contribution in [-0.4, -0.2) is 27.1 Å². The molecule has 8 heavy (non-hydrogen) atoms. The third kappa shape index (κ3) is 8.97. The summed E-state index contributed by atoms with van der Waals surface area (Å²) in [5.41, 5.74) is 9.61. The van der Waals surface area contributed by atoms with Crippen molar-refractivity contribution in [3.05, 3.63) is 0 Å². The summed E-state index contributed by atoms with van der Waals surface area (Å²) in [4.78, 5) is 3.59. The van der Waals surface area contributed by atoms with Gasteiger partial charge in [-0.1, -0.05) is 0 Å². The summed E-state index contributed by atoms with van der Waals surface area (Å²) >= 11 is 0. The van der Waals surface area contributed by atoms with Crippen molar-refractivity contribution < 1.29 is 0 Å². The van der Waals surface area contributed by atoms with Crippen LogP contribution in [0.1, 0.15) is 0 Å². The normalized spacial score (nSPS) is 9.25. The maximum absolute atomic E-state index is 5.11. The lowest BCUT2D eigenvalue weighted by Gasteiger charge is -1.90. The Labute approximate surface area is 50.0 Å². The number of nitrogens with zero attached hydrogens (tertiary/aromatic N) is 1. The van der Waals surface area contributed by atoms with Gasteiger partial charge in [0.05, 0.1) is 0 Å². The quantitative estimate of drug-likeness (QED) is 0.274. The van der Waals surface area contributed by atoms with Crippen molar-refractivity contribution in [3.63, 3.8) is 0 Å². The standard InChI is InChI=1S/C3H9N3.CH5N/c1-5-3(4)6-2;1-2/h1-2H3,(H3,4,5,6);2H2,1H3. The molecule has 0 radical (unpaired) electrons. The van der Waals surface area contributed by atoms with Gasteiger partial charge in [-0.3, -0.25) is 4.99 Å². The molecule has 0 heterocycles. The second-order valence-electron chi connectivity index (χ2n) is 0.859. The van der Waals surface area contributed by atoms with E-state index in [2.05, 4.69) is 16.0 Å². The van der Waals surface area contributed by atoms with Crippen molar-refractivity contribution in [1.82, 2.24) is 5.32 Å². The van der Waals surface area contributed by atoms with Crippen LogP contribution in [0.4, 0.5) is 0 Å². The summed E-state index contributed by atoms with van der Waals surface area (Å²) in [7, 11) is 4.86. The highest BCUT2D eigenvalue weighted by atomic mass is 15.1. The third-order valence-electron chi connectivity index (χ3n) is 0.497. The topological polar surface area (TPSA) is 76.4 Å². The van der Waals surface area contributed by atoms with Crippen LogP contribution in [0, 0.1) is 0 Å². The number of nitrogens with two attached hydrogens (primary N) is 2. The molecule has 0 aromatic rings. The molecule has 4 heteroatoms. The van der Waals surface area contributed by atoms with Gasteiger partial charge in [0.25, 0.3) is 0 Å². The summed E-state index contributed by atoms with van der Waals surface area (Å²) in [6.45, 7) is 0. The van der Waals surface area contributed by atoms with Crippen molar-refractivity contribution in [3.8, 4) is 0 Å². The highest BCUT2D eigenvalue weighted by Gasteiger charge is 1.71. The largest absolute Gasteiger partial charge is 0.370 e. The summed E-state index contributed by atoms with van der Waals surface area (Å²) < 4.78 is 0. The molecule has 5 N–H and O–H groups in total. The van der Waals surface area contributed by atoms with Gasteiger partial charge in [0.2, 0.25) is 0 Å². The van der Waals surface area contributed by atoms with Gasteiger partial charge in [-0.05, 0) is 7.05 Å². The van der Waals surface area contributed by atoms with E-state index in [1.807, 2.05) is 0 Å². The van der Waals surface area contributed by atoms with E-state index >= 15 is 0 Å². The van der Waals surface area contributed by atoms with Crippen molar-refractivity contribution in [2.75, 3.05) is 21.1 Å². The maximum Gasteiger partial charge on any atom is 0.188 e. The zero-order chi connectivity index (χ0) is 6.99. The van der Waals surface area contributed by atoms with E-state index < -0.39 is 0 Å². The molecule has 0 fully saturated rings. The Morgan fingerprint density at radius 1 is 1.50 bits per heavy atom. The molecule has 4 nitrogen and oxygen atoms in total. The molecular formula is C4H14N4. The number of hydrogen-bond acceptors (Lipinski definition) is 2. The third-order valence-corrected chi connectivity index (χ3v) is 0.497. The molecule has 0 aliphatic heterocycles. The molecule has 0 aromatic heterocycles. The van der Waals surface area contributed by atoms with Gasteiger partial charge >= 0.3 is 0 Å². The van der Waals surface area contributed by atoms with Crippen molar-refractivity contribution in [1.29, 1.82) is 0 Å². The lowest BCUT2D eigenvalue weighted by molar-refractivity contribution is 1.12. The minimum atomic E-state index is 0.468. The number of rotatable bonds is 0. The maximum atomic E-state index is 5.11. The number of aliphatic imine (C=N–C) groups is 1. The van der Waals surface area contributed by atoms with Crippen LogP contribution in [-0.2, 0) is 0 Å². The molecule has 0 aliphatic rings. The zero-order valence-corrected chi connectivity index (χ0v) is 5.60. The van der Waals surface area contributed by atoms with E-state index in [4.69, 9.17) is 5.73 Å². The first-order valence-electron chi connectivity index (χ1n) is 2.29. The van der Waals surface area contributed by atoms with Gasteiger partial charge in [-0.25, -0.2) is 0 Å². The average Bonchev–Trinajstić information content (AvgIpc) is 1.91. The van der Waals surface area contributed by atoms with Gasteiger partial charge < -0.3 is 16.8 Å². The van der Waals surface area contributed by atoms with Gasteiger partial charge in [0.1, 0.15) is 0 Å². The fourth-order valence-electron chi connectivity index (χ4n) is 0.112. The predicted molar refractivity (Wildman–Crippen MR) is 36.7 cm³/mol. The molecule has 0 saturated carbocycles. The molecule has 0 saturated heterocycles. The smallest absolute Gasteiger partial charge is 0.188 e. The van der Waals surface area contributed by atoms with E-state index in [9.17, 15) is 0 Å². The predicted octanol–water partition coefficient (Wildman–Crippen LogP) is -1.27. The summed E-state index contributed by atoms with van der Waals surface area (Å²) in [6.07, 6.45) is 0. The van der Waals surface area contributed by atoms with Crippen LogP contribution in [0.25, 0.3) is 0 Å². The second kappa shape index (κ2) is 9.52. The Kier molecular flexibility index (Phi) is 12.2. The van der Waals surface area contributed by atoms with Crippen LogP contribution < -0.4 is 16.8 Å². The number of guanidine groups is 1. The summed E-state index contributed by atoms with van der Waals surface area (Å²) in [5.74, 6) is 0.468. The van der Waals surface area contributed by atoms with Crippen LogP contribution >= 0.6 is 0 Å². The lowest BCUT2D eigenvalue weighted by Crippen LogP contribution is -2.27. The summed E-state index contributed by atoms with van der Waals surface area (Å²) in [5, 5.41) is 2.64. The Bertz CT molecular complexity index is 59.1. The second-order valence-corrected chi connectivity index (χ2v) is 0.859. The molecule has 0 spiro atoms. The van der Waals surface area contributed by atoms with Crippen LogP contribution in [0.2, 0.25) is 0 Å². The molecule has 0 aliphatic carbocycles. The van der Waals surface area contributed by atoms with E-state index in [0.29, 0.717) is 5.96 Å². The molecule has 50 valence electrons. The number of hydrogen-bond donors (Lipinski definition) is 3. The average molecular weight is 118 g/mol. The van der Waals surface area contributed by atoms with Gasteiger partial charge in [-0.2, -0.15) is 0 Å². The highest BCUT2D eigenvalue weighted by molar-refractivity contribution is 5.77. The first-order valence-corrected chi connectivity index (χ1v) is 2.29. The van der Waals surface area contributed by atoms with Crippen molar-refractivity contribution in [2.45, 2.75) is 0 Å². The summed E-state index contributed by atoms with van der Waals surface area (Å²) in [6, 6.07) is 0. The minimum Gasteiger partial charge on any atom is -0.370 e. The Morgan fingerprint density at radius 2 is 1.88 bits per heavy atom. The van der Waals surface area contributed by atoms with Gasteiger partial charge in [0.15, 0.2) is 5.96 Å². The van der Waals surface area contributed by atoms with E-state index in [-0.39, 0.29) is 0 Å². The van der Waals surface area contributed by atoms with Crippen molar-refractivity contribution >= 4 is 5.96 Å².